The number of benzene rings is 2. The molecule has 0 saturated heterocycles. The van der Waals surface area contributed by atoms with E-state index >= 15 is 0 Å². The van der Waals surface area contributed by atoms with Crippen molar-refractivity contribution in [3.05, 3.63) is 70.6 Å². The smallest absolute Gasteiger partial charge is 0.383 e. The minimum Gasteiger partial charge on any atom is -0.383 e. The molecule has 2 aromatic carbocycles. The second-order valence-electron chi connectivity index (χ2n) is 12.0. The minimum atomic E-state index is -4.40. The molecule has 2 aliphatic rings. The molecule has 43 heavy (non-hydrogen) atoms. The van der Waals surface area contributed by atoms with Crippen molar-refractivity contribution >= 4 is 43.8 Å². The number of terminal acetylenes is 1. The van der Waals surface area contributed by atoms with Crippen LogP contribution in [0.25, 0.3) is 21.1 Å². The highest BCUT2D eigenvalue weighted by Gasteiger charge is 2.67. The molecule has 0 radical (unpaired) electrons. The first kappa shape index (κ1) is 28.6. The Morgan fingerprint density at radius 2 is 1.98 bits per heavy atom. The number of anilines is 2. The molecule has 0 amide bonds. The average Bonchev–Trinajstić information content (AvgIpc) is 3.41. The van der Waals surface area contributed by atoms with E-state index in [1.165, 1.54) is 17.5 Å². The molecule has 4 N–H and O–H groups in total. The Balaban J connectivity index is 1.47. The van der Waals surface area contributed by atoms with Crippen LogP contribution in [-0.2, 0) is 0 Å². The maximum atomic E-state index is 14.0. The topological polar surface area (TPSA) is 101 Å². The number of nitrogens with one attached hydrogen (secondary N) is 4. The van der Waals surface area contributed by atoms with E-state index in [4.69, 9.17) is 6.42 Å². The highest BCUT2D eigenvalue weighted by atomic mass is 32.1. The van der Waals surface area contributed by atoms with Gasteiger partial charge in [-0.05, 0) is 42.0 Å². The quantitative estimate of drug-likeness (QED) is 0.176. The van der Waals surface area contributed by atoms with E-state index in [9.17, 15) is 18.4 Å². The molecule has 220 valence electrons. The van der Waals surface area contributed by atoms with Crippen LogP contribution in [-0.4, -0.2) is 33.2 Å². The zero-order valence-electron chi connectivity index (χ0n) is 23.7. The molecule has 0 bridgehead atoms. The predicted octanol–water partition coefficient (Wildman–Crippen LogP) is 6.57. The molecule has 6 rings (SSSR count). The minimum absolute atomic E-state index is 0.00252. The summed E-state index contributed by atoms with van der Waals surface area (Å²) in [7, 11) is 0. The number of thiazole rings is 1. The summed E-state index contributed by atoms with van der Waals surface area (Å²) in [6.07, 6.45) is 4.49. The lowest BCUT2D eigenvalue weighted by Gasteiger charge is -2.28. The summed E-state index contributed by atoms with van der Waals surface area (Å²) in [4.78, 5) is 8.93. The molecular weight excluding hydrogens is 573 g/mol. The summed E-state index contributed by atoms with van der Waals surface area (Å²) < 4.78 is 42.8. The largest absolute Gasteiger partial charge is 0.413 e. The molecule has 0 unspecified atom stereocenters. The van der Waals surface area contributed by atoms with Crippen LogP contribution in [0.3, 0.4) is 0 Å². The van der Waals surface area contributed by atoms with Crippen LogP contribution in [0, 0.1) is 29.1 Å². The lowest BCUT2D eigenvalue weighted by atomic mass is 9.96. The fourth-order valence-corrected chi connectivity index (χ4v) is 6.07. The summed E-state index contributed by atoms with van der Waals surface area (Å²) in [5, 5.41) is 18.8. The van der Waals surface area contributed by atoms with Crippen molar-refractivity contribution in [2.75, 3.05) is 17.2 Å². The van der Waals surface area contributed by atoms with Crippen LogP contribution >= 0.6 is 11.3 Å². The van der Waals surface area contributed by atoms with Crippen molar-refractivity contribution in [3.63, 3.8) is 0 Å². The Bertz CT molecular complexity index is 1840. The van der Waals surface area contributed by atoms with Crippen molar-refractivity contribution in [2.45, 2.75) is 51.4 Å². The maximum Gasteiger partial charge on any atom is 0.413 e. The number of halogens is 3. The van der Waals surface area contributed by atoms with Crippen molar-refractivity contribution in [3.8, 4) is 18.4 Å². The van der Waals surface area contributed by atoms with E-state index < -0.39 is 17.8 Å². The van der Waals surface area contributed by atoms with Crippen LogP contribution < -0.4 is 21.6 Å². The summed E-state index contributed by atoms with van der Waals surface area (Å²) in [6.45, 7) is 6.92. The van der Waals surface area contributed by atoms with E-state index in [-0.39, 0.29) is 18.3 Å². The highest BCUT2D eigenvalue weighted by molar-refractivity contribution is 7.17. The molecule has 1 aliphatic heterocycles. The SMILES string of the molecule is C#Cc1cnc2c(C#N)cc(N[C@H](C3=CN(C4(C(F)(F)F)CC4)NN3)c3cccc4ncsc34)cc2c1NCC(C)(C)C. The monoisotopic (exact) mass is 602 g/mol. The lowest BCUT2D eigenvalue weighted by Crippen LogP contribution is -2.52. The molecule has 12 heteroatoms. The van der Waals surface area contributed by atoms with Crippen LogP contribution in [0.2, 0.25) is 0 Å². The van der Waals surface area contributed by atoms with E-state index in [1.807, 2.05) is 24.3 Å². The van der Waals surface area contributed by atoms with E-state index in [0.717, 1.165) is 20.8 Å². The van der Waals surface area contributed by atoms with Crippen LogP contribution in [0.1, 0.15) is 56.3 Å². The molecule has 4 aromatic rings. The van der Waals surface area contributed by atoms with Gasteiger partial charge in [-0.3, -0.25) is 9.99 Å². The molecule has 8 nitrogen and oxygen atoms in total. The summed E-state index contributed by atoms with van der Waals surface area (Å²) in [5.74, 6) is 2.69. The third-order valence-corrected chi connectivity index (χ3v) is 8.56. The average molecular weight is 603 g/mol. The summed E-state index contributed by atoms with van der Waals surface area (Å²) >= 11 is 1.45. The van der Waals surface area contributed by atoms with Gasteiger partial charge < -0.3 is 16.1 Å². The number of hydrogen-bond acceptors (Lipinski definition) is 9. The molecule has 1 fully saturated rings. The second kappa shape index (κ2) is 10.3. The number of rotatable bonds is 7. The Morgan fingerprint density at radius 1 is 1.19 bits per heavy atom. The predicted molar refractivity (Wildman–Crippen MR) is 163 cm³/mol. The number of hydrogen-bond donors (Lipinski definition) is 4. The molecule has 3 heterocycles. The number of aromatic nitrogens is 2. The van der Waals surface area contributed by atoms with Gasteiger partial charge in [-0.15, -0.1) is 23.3 Å². The molecular formula is C31H29F3N8S. The van der Waals surface area contributed by atoms with Crippen LogP contribution in [0.5, 0.6) is 0 Å². The van der Waals surface area contributed by atoms with Crippen molar-refractivity contribution in [1.29, 1.82) is 5.26 Å². The van der Waals surface area contributed by atoms with Crippen molar-refractivity contribution in [2.24, 2.45) is 5.41 Å². The Hall–Kier alpha value is -4.52. The summed E-state index contributed by atoms with van der Waals surface area (Å²) in [5.41, 5.74) is 10.2. The highest BCUT2D eigenvalue weighted by Crippen LogP contribution is 2.54. The molecule has 1 aliphatic carbocycles. The molecule has 1 atom stereocenters. The Labute approximate surface area is 250 Å². The number of fused-ring (bicyclic) bond motifs is 2. The van der Waals surface area contributed by atoms with Gasteiger partial charge in [-0.2, -0.15) is 18.4 Å². The normalized spacial score (nSPS) is 16.7. The number of alkyl halides is 3. The first-order valence-corrected chi connectivity index (χ1v) is 14.6. The fraction of sp³-hybridized carbons (Fsp3) is 0.323. The van der Waals surface area contributed by atoms with E-state index in [1.54, 1.807) is 17.8 Å². The number of hydrazine groups is 2. The molecule has 1 saturated carbocycles. The van der Waals surface area contributed by atoms with Gasteiger partial charge in [-0.25, -0.2) is 4.98 Å². The van der Waals surface area contributed by atoms with Crippen LogP contribution in [0.4, 0.5) is 24.5 Å². The van der Waals surface area contributed by atoms with Gasteiger partial charge in [-0.1, -0.05) is 38.8 Å². The van der Waals surface area contributed by atoms with Gasteiger partial charge >= 0.3 is 6.18 Å². The third kappa shape index (κ3) is 5.18. The number of pyridine rings is 1. The van der Waals surface area contributed by atoms with E-state index in [2.05, 4.69) is 64.3 Å². The maximum absolute atomic E-state index is 14.0. The zero-order valence-corrected chi connectivity index (χ0v) is 24.5. The second-order valence-corrected chi connectivity index (χ2v) is 12.8. The van der Waals surface area contributed by atoms with Gasteiger partial charge in [0, 0.05) is 30.0 Å². The Morgan fingerprint density at radius 3 is 2.65 bits per heavy atom. The van der Waals surface area contributed by atoms with E-state index in [0.29, 0.717) is 45.6 Å². The van der Waals surface area contributed by atoms with Gasteiger partial charge in [0.1, 0.15) is 6.07 Å². The van der Waals surface area contributed by atoms with Gasteiger partial charge in [0.2, 0.25) is 0 Å². The zero-order chi connectivity index (χ0) is 30.6. The van der Waals surface area contributed by atoms with Gasteiger partial charge in [0.25, 0.3) is 0 Å². The first-order valence-electron chi connectivity index (χ1n) is 13.7. The van der Waals surface area contributed by atoms with Gasteiger partial charge in [0.05, 0.1) is 49.8 Å². The summed E-state index contributed by atoms with van der Waals surface area (Å²) in [6, 6.07) is 10.9. The third-order valence-electron chi connectivity index (χ3n) is 7.66. The number of nitriles is 1. The lowest BCUT2D eigenvalue weighted by molar-refractivity contribution is -0.195. The number of nitrogens with zero attached hydrogens (tertiary/aromatic N) is 4. The molecule has 0 spiro atoms. The first-order chi connectivity index (χ1) is 20.4. The van der Waals surface area contributed by atoms with Crippen molar-refractivity contribution in [1.82, 2.24) is 25.9 Å². The Kier molecular flexibility index (Phi) is 6.87. The fourth-order valence-electron chi connectivity index (χ4n) is 5.24. The van der Waals surface area contributed by atoms with Crippen molar-refractivity contribution < 1.29 is 13.2 Å². The van der Waals surface area contributed by atoms with Crippen LogP contribution in [0.15, 0.2) is 53.9 Å². The molecule has 2 aromatic heterocycles. The standard InChI is InChI=1S/C31H29F3N8S/c1-5-18-14-36-26-19(13-35)11-20(12-22(26)25(18)37-16-29(2,3)4)39-27(21-7-6-8-23-28(21)43-17-38-23)24-15-42(41-40-24)30(9-10-30)31(32,33)34/h1,6-8,11-12,14-15,17,27,39-41H,9-10,16H2,2-4H3,(H,36,37)/t27-/m0/s1. The van der Waals surface area contributed by atoms with Gasteiger partial charge in [0.15, 0.2) is 5.54 Å².